The zero-order chi connectivity index (χ0) is 41.7. The molecular weight excluding hydrogens is 736 g/mol. The maximum Gasteiger partial charge on any atom is 0.341 e. The molecule has 4 aliphatic carbocycles. The second kappa shape index (κ2) is 13.5. The first-order chi connectivity index (χ1) is 25.9. The van der Waals surface area contributed by atoms with Gasteiger partial charge in [0.05, 0.1) is 23.5 Å². The fourth-order valence-corrected chi connectivity index (χ4v) is 13.0. The van der Waals surface area contributed by atoms with Crippen LogP contribution < -0.4 is 0 Å². The van der Waals surface area contributed by atoms with Crippen molar-refractivity contribution in [3.8, 4) is 0 Å². The van der Waals surface area contributed by atoms with E-state index in [2.05, 4.69) is 0 Å². The minimum absolute atomic E-state index is 0.0614. The SMILES string of the molecule is COC(=O)C12OC1C(C)CC1(O)C3CCC4(C)C(C(OC(C)=O)C(OC(C)=O)C5([C@H](C)OC(C)=O)COC(=O)C=CC45)C3(C)C(OC(C)=O)C(OC(C)=O)C12C. The third kappa shape index (κ3) is 5.39. The summed E-state index contributed by atoms with van der Waals surface area (Å²) in [7, 11) is 1.19. The molecule has 16 heteroatoms. The normalized spacial score (nSPS) is 46.2. The highest BCUT2D eigenvalue weighted by Crippen LogP contribution is 2.79. The van der Waals surface area contributed by atoms with Crippen LogP contribution in [0.3, 0.4) is 0 Å². The van der Waals surface area contributed by atoms with E-state index >= 15 is 0 Å². The lowest BCUT2D eigenvalue weighted by Crippen LogP contribution is -2.84. The van der Waals surface area contributed by atoms with Crippen LogP contribution in [0.5, 0.6) is 0 Å². The number of hydrogen-bond acceptors (Lipinski definition) is 16. The lowest BCUT2D eigenvalue weighted by atomic mass is 9.31. The number of rotatable bonds is 7. The minimum atomic E-state index is -1.91. The lowest BCUT2D eigenvalue weighted by Gasteiger charge is -2.74. The predicted molar refractivity (Wildman–Crippen MR) is 188 cm³/mol. The molecular formula is C40H54O16. The predicted octanol–water partition coefficient (Wildman–Crippen LogP) is 2.53. The van der Waals surface area contributed by atoms with E-state index in [1.54, 1.807) is 26.8 Å². The van der Waals surface area contributed by atoms with Gasteiger partial charge in [0.1, 0.15) is 31.0 Å². The van der Waals surface area contributed by atoms with Gasteiger partial charge in [-0.05, 0) is 56.3 Å². The summed E-state index contributed by atoms with van der Waals surface area (Å²) in [6, 6.07) is 0. The van der Waals surface area contributed by atoms with E-state index in [0.717, 1.165) is 13.8 Å². The highest BCUT2D eigenvalue weighted by Gasteiger charge is 2.91. The Morgan fingerprint density at radius 1 is 0.857 bits per heavy atom. The van der Waals surface area contributed by atoms with Crippen LogP contribution in [0.4, 0.5) is 0 Å². The van der Waals surface area contributed by atoms with E-state index in [0.29, 0.717) is 0 Å². The summed E-state index contributed by atoms with van der Waals surface area (Å²) in [5.41, 5.74) is -9.70. The standard InChI is InChI=1S/C40H54O16/c1-18-16-39(48)26-14-15-35(8)25-12-13-27(46)50-17-38(25,19(2)51-20(3)41)31(53-22(5)43)28(52-21(4)42)29(35)36(26,9)32(54-23(6)44)33(55-24(7)45)37(39,10)40(30(18)56-40)34(47)49-11/h12-13,18-19,25-26,28-33,48H,14-17H2,1-11H3/t18?,19-,25?,26?,28?,29?,30?,31?,32?,33?,35?,36?,37?,38?,39?,40?/m0/s1. The molecule has 15 unspecified atom stereocenters. The van der Waals surface area contributed by atoms with Crippen molar-refractivity contribution in [3.63, 3.8) is 0 Å². The third-order valence-electron chi connectivity index (χ3n) is 14.7. The molecule has 16 atom stereocenters. The molecule has 0 radical (unpaired) electrons. The zero-order valence-corrected chi connectivity index (χ0v) is 33.8. The molecule has 0 spiro atoms. The lowest BCUT2D eigenvalue weighted by molar-refractivity contribution is -0.360. The number of aliphatic hydroxyl groups is 1. The molecule has 1 N–H and O–H groups in total. The number of methoxy groups -OCH3 is 1. The monoisotopic (exact) mass is 790 g/mol. The Bertz CT molecular complexity index is 1760. The molecule has 5 fully saturated rings. The number of fused-ring (bicyclic) bond motifs is 9. The number of cyclic esters (lactones) is 1. The van der Waals surface area contributed by atoms with Crippen molar-refractivity contribution in [2.75, 3.05) is 13.7 Å². The van der Waals surface area contributed by atoms with Crippen molar-refractivity contribution in [1.29, 1.82) is 0 Å². The Hall–Kier alpha value is -4.05. The number of epoxide rings is 1. The van der Waals surface area contributed by atoms with Gasteiger partial charge in [0.25, 0.3) is 0 Å². The van der Waals surface area contributed by atoms with Gasteiger partial charge in [-0.15, -0.1) is 0 Å². The molecule has 2 aliphatic heterocycles. The Morgan fingerprint density at radius 3 is 1.98 bits per heavy atom. The number of hydrogen-bond donors (Lipinski definition) is 1. The quantitative estimate of drug-likeness (QED) is 0.223. The number of ether oxygens (including phenoxy) is 8. The second-order valence-corrected chi connectivity index (χ2v) is 17.5. The van der Waals surface area contributed by atoms with E-state index in [-0.39, 0.29) is 19.3 Å². The molecule has 4 saturated carbocycles. The van der Waals surface area contributed by atoms with E-state index in [1.165, 1.54) is 34.0 Å². The Balaban J connectivity index is 1.72. The average molecular weight is 791 g/mol. The van der Waals surface area contributed by atoms with Gasteiger partial charge in [-0.3, -0.25) is 24.0 Å². The Kier molecular flexibility index (Phi) is 10.0. The third-order valence-corrected chi connectivity index (χ3v) is 14.7. The summed E-state index contributed by atoms with van der Waals surface area (Å²) in [6.07, 6.45) is -4.33. The summed E-state index contributed by atoms with van der Waals surface area (Å²) in [5, 5.41) is 13.7. The van der Waals surface area contributed by atoms with Crippen molar-refractivity contribution in [3.05, 3.63) is 12.2 Å². The largest absolute Gasteiger partial charge is 0.467 e. The molecule has 1 saturated heterocycles. The molecule has 16 nitrogen and oxygen atoms in total. The van der Waals surface area contributed by atoms with Crippen LogP contribution in [0.15, 0.2) is 12.2 Å². The molecule has 0 aromatic carbocycles. The van der Waals surface area contributed by atoms with Crippen molar-refractivity contribution in [1.82, 2.24) is 0 Å². The summed E-state index contributed by atoms with van der Waals surface area (Å²) >= 11 is 0. The minimum Gasteiger partial charge on any atom is -0.467 e. The molecule has 6 aliphatic rings. The second-order valence-electron chi connectivity index (χ2n) is 17.5. The first kappa shape index (κ1) is 41.6. The molecule has 0 aromatic heterocycles. The topological polar surface area (TPSA) is 217 Å². The zero-order valence-electron chi connectivity index (χ0n) is 33.8. The molecule has 0 bridgehead atoms. The van der Waals surface area contributed by atoms with Crippen LogP contribution in [-0.4, -0.2) is 108 Å². The van der Waals surface area contributed by atoms with Gasteiger partial charge in [0.2, 0.25) is 5.60 Å². The van der Waals surface area contributed by atoms with Gasteiger partial charge in [-0.25, -0.2) is 9.59 Å². The summed E-state index contributed by atoms with van der Waals surface area (Å²) in [4.78, 5) is 92.8. The van der Waals surface area contributed by atoms with Gasteiger partial charge in [0, 0.05) is 52.0 Å². The maximum atomic E-state index is 14.0. The Morgan fingerprint density at radius 2 is 1.43 bits per heavy atom. The van der Waals surface area contributed by atoms with Gasteiger partial charge >= 0.3 is 41.8 Å². The van der Waals surface area contributed by atoms with E-state index in [9.17, 15) is 38.7 Å². The van der Waals surface area contributed by atoms with Crippen LogP contribution in [0.25, 0.3) is 0 Å². The van der Waals surface area contributed by atoms with Crippen LogP contribution in [0.2, 0.25) is 0 Å². The fourth-order valence-electron chi connectivity index (χ4n) is 13.0. The van der Waals surface area contributed by atoms with Crippen LogP contribution in [0, 0.1) is 45.3 Å². The number of esters is 7. The molecule has 0 aromatic rings. The van der Waals surface area contributed by atoms with Crippen molar-refractivity contribution >= 4 is 41.8 Å². The molecule has 310 valence electrons. The first-order valence-electron chi connectivity index (χ1n) is 19.1. The molecule has 0 amide bonds. The molecule has 56 heavy (non-hydrogen) atoms. The highest BCUT2D eigenvalue weighted by molar-refractivity contribution is 5.86. The van der Waals surface area contributed by atoms with Gasteiger partial charge in [0.15, 0.2) is 12.2 Å². The van der Waals surface area contributed by atoms with E-state index in [4.69, 9.17) is 37.9 Å². The average Bonchev–Trinajstić information content (AvgIpc) is 3.87. The smallest absolute Gasteiger partial charge is 0.341 e. The fraction of sp³-hybridized carbons (Fsp3) is 0.775. The number of allylic oxidation sites excluding steroid dienone is 1. The van der Waals surface area contributed by atoms with Crippen molar-refractivity contribution in [2.45, 2.75) is 136 Å². The van der Waals surface area contributed by atoms with Crippen molar-refractivity contribution < 1.29 is 76.6 Å². The first-order valence-corrected chi connectivity index (χ1v) is 19.1. The van der Waals surface area contributed by atoms with Crippen molar-refractivity contribution in [2.24, 2.45) is 45.3 Å². The number of carbonyl (C=O) groups excluding carboxylic acids is 7. The number of carbonyl (C=O) groups is 7. The summed E-state index contributed by atoms with van der Waals surface area (Å²) < 4.78 is 48.1. The van der Waals surface area contributed by atoms with Crippen LogP contribution in [-0.2, 0) is 71.5 Å². The maximum absolute atomic E-state index is 14.0. The van der Waals surface area contributed by atoms with E-state index in [1.807, 2.05) is 13.8 Å². The van der Waals surface area contributed by atoms with Gasteiger partial charge in [-0.2, -0.15) is 0 Å². The summed E-state index contributed by atoms with van der Waals surface area (Å²) in [6.45, 7) is 14.2. The van der Waals surface area contributed by atoms with Crippen LogP contribution in [0.1, 0.15) is 88.5 Å². The van der Waals surface area contributed by atoms with E-state index < -0.39 is 142 Å². The van der Waals surface area contributed by atoms with Gasteiger partial charge in [-0.1, -0.05) is 26.8 Å². The highest BCUT2D eigenvalue weighted by atomic mass is 16.7. The van der Waals surface area contributed by atoms with Gasteiger partial charge < -0.3 is 43.0 Å². The molecule has 6 rings (SSSR count). The summed E-state index contributed by atoms with van der Waals surface area (Å²) in [5.74, 6) is -8.48. The van der Waals surface area contributed by atoms with Crippen LogP contribution >= 0.6 is 0 Å². The Labute approximate surface area is 325 Å². The molecule has 2 heterocycles.